The molecule has 2 aromatic carbocycles. The number of hydrogen-bond donors (Lipinski definition) is 1. The first-order chi connectivity index (χ1) is 8.97. The molecule has 0 aromatic heterocycles. The number of anilines is 1. The van der Waals surface area contributed by atoms with Gasteiger partial charge in [-0.05, 0) is 62.1 Å². The molecular formula is C17H20FN. The van der Waals surface area contributed by atoms with E-state index in [0.717, 1.165) is 17.7 Å². The van der Waals surface area contributed by atoms with Gasteiger partial charge in [0.15, 0.2) is 0 Å². The molecule has 0 aliphatic heterocycles. The molecule has 0 heterocycles. The predicted molar refractivity (Wildman–Crippen MR) is 79.1 cm³/mol. The maximum absolute atomic E-state index is 13.1. The van der Waals surface area contributed by atoms with Crippen molar-refractivity contribution in [2.75, 3.05) is 5.32 Å². The minimum Gasteiger partial charge on any atom is -0.381 e. The first-order valence-electron chi connectivity index (χ1n) is 6.54. The largest absolute Gasteiger partial charge is 0.381 e. The lowest BCUT2D eigenvalue weighted by atomic mass is 10.0. The van der Waals surface area contributed by atoms with Gasteiger partial charge in [-0.15, -0.1) is 0 Å². The molecule has 0 aliphatic carbocycles. The molecule has 1 nitrogen and oxygen atoms in total. The van der Waals surface area contributed by atoms with Gasteiger partial charge in [-0.3, -0.25) is 0 Å². The number of halogens is 1. The molecule has 0 aliphatic rings. The number of rotatable bonds is 3. The van der Waals surface area contributed by atoms with Crippen LogP contribution in [0.2, 0.25) is 0 Å². The molecule has 2 rings (SSSR count). The van der Waals surface area contributed by atoms with Gasteiger partial charge in [0, 0.05) is 12.2 Å². The molecule has 0 unspecified atom stereocenters. The molecule has 0 amide bonds. The van der Waals surface area contributed by atoms with E-state index in [1.54, 1.807) is 6.07 Å². The van der Waals surface area contributed by atoms with E-state index in [1.807, 2.05) is 13.0 Å². The van der Waals surface area contributed by atoms with Crippen LogP contribution in [0.25, 0.3) is 0 Å². The first-order valence-corrected chi connectivity index (χ1v) is 6.54. The fourth-order valence-corrected chi connectivity index (χ4v) is 2.50. The number of nitrogens with one attached hydrogen (secondary N) is 1. The third-order valence-corrected chi connectivity index (χ3v) is 3.44. The van der Waals surface area contributed by atoms with Crippen LogP contribution in [0.15, 0.2) is 30.3 Å². The van der Waals surface area contributed by atoms with Crippen molar-refractivity contribution in [2.45, 2.75) is 34.2 Å². The molecule has 2 heteroatoms. The second-order valence-electron chi connectivity index (χ2n) is 5.20. The molecule has 0 fully saturated rings. The molecule has 0 spiro atoms. The van der Waals surface area contributed by atoms with E-state index in [2.05, 4.69) is 38.2 Å². The zero-order valence-corrected chi connectivity index (χ0v) is 12.0. The van der Waals surface area contributed by atoms with E-state index in [0.29, 0.717) is 0 Å². The van der Waals surface area contributed by atoms with E-state index in [9.17, 15) is 4.39 Å². The van der Waals surface area contributed by atoms with Gasteiger partial charge in [0.25, 0.3) is 0 Å². The normalized spacial score (nSPS) is 10.6. The average molecular weight is 257 g/mol. The molecule has 0 bridgehead atoms. The van der Waals surface area contributed by atoms with Crippen molar-refractivity contribution in [3.05, 3.63) is 64.0 Å². The lowest BCUT2D eigenvalue weighted by molar-refractivity contribution is 0.625. The van der Waals surface area contributed by atoms with Crippen molar-refractivity contribution in [3.8, 4) is 0 Å². The summed E-state index contributed by atoms with van der Waals surface area (Å²) >= 11 is 0. The third kappa shape index (κ3) is 3.14. The smallest absolute Gasteiger partial charge is 0.123 e. The van der Waals surface area contributed by atoms with Gasteiger partial charge in [-0.2, -0.15) is 0 Å². The zero-order chi connectivity index (χ0) is 14.0. The Morgan fingerprint density at radius 3 is 2.11 bits per heavy atom. The van der Waals surface area contributed by atoms with Crippen LogP contribution in [0.5, 0.6) is 0 Å². The summed E-state index contributed by atoms with van der Waals surface area (Å²) in [6.07, 6.45) is 0. The highest BCUT2D eigenvalue weighted by Gasteiger charge is 2.05. The fourth-order valence-electron chi connectivity index (χ4n) is 2.50. The molecule has 100 valence electrons. The van der Waals surface area contributed by atoms with Gasteiger partial charge in [-0.1, -0.05) is 23.8 Å². The number of aryl methyl sites for hydroxylation is 4. The Morgan fingerprint density at radius 1 is 0.895 bits per heavy atom. The van der Waals surface area contributed by atoms with Crippen molar-refractivity contribution >= 4 is 5.69 Å². The molecule has 0 saturated carbocycles. The molecule has 19 heavy (non-hydrogen) atoms. The highest BCUT2D eigenvalue weighted by atomic mass is 19.1. The van der Waals surface area contributed by atoms with Crippen LogP contribution in [0.1, 0.15) is 27.8 Å². The summed E-state index contributed by atoms with van der Waals surface area (Å²) in [4.78, 5) is 0. The predicted octanol–water partition coefficient (Wildman–Crippen LogP) is 4.67. The topological polar surface area (TPSA) is 12.0 Å². The minimum atomic E-state index is -0.177. The SMILES string of the molecule is Cc1cc(C)c(NCc2ccc(F)cc2C)c(C)c1. The molecule has 0 radical (unpaired) electrons. The van der Waals surface area contributed by atoms with Crippen LogP contribution >= 0.6 is 0 Å². The third-order valence-electron chi connectivity index (χ3n) is 3.44. The van der Waals surface area contributed by atoms with Crippen LogP contribution in [0, 0.1) is 33.5 Å². The van der Waals surface area contributed by atoms with Gasteiger partial charge in [0.05, 0.1) is 0 Å². The highest BCUT2D eigenvalue weighted by molar-refractivity contribution is 5.58. The van der Waals surface area contributed by atoms with Gasteiger partial charge in [0.1, 0.15) is 5.82 Å². The highest BCUT2D eigenvalue weighted by Crippen LogP contribution is 2.23. The summed E-state index contributed by atoms with van der Waals surface area (Å²) in [5, 5.41) is 3.46. The zero-order valence-electron chi connectivity index (χ0n) is 12.0. The molecule has 0 atom stereocenters. The molecular weight excluding hydrogens is 237 g/mol. The van der Waals surface area contributed by atoms with Gasteiger partial charge >= 0.3 is 0 Å². The number of benzene rings is 2. The lowest BCUT2D eigenvalue weighted by Crippen LogP contribution is -2.05. The van der Waals surface area contributed by atoms with Crippen molar-refractivity contribution in [3.63, 3.8) is 0 Å². The van der Waals surface area contributed by atoms with E-state index in [4.69, 9.17) is 0 Å². The van der Waals surface area contributed by atoms with Crippen LogP contribution < -0.4 is 5.32 Å². The molecule has 0 saturated heterocycles. The summed E-state index contributed by atoms with van der Waals surface area (Å²) in [6, 6.07) is 9.28. The summed E-state index contributed by atoms with van der Waals surface area (Å²) < 4.78 is 13.1. The standard InChI is InChI=1S/C17H20FN/c1-11-7-13(3)17(14(4)8-11)19-10-15-5-6-16(18)9-12(15)2/h5-9,19H,10H2,1-4H3. The summed E-state index contributed by atoms with van der Waals surface area (Å²) in [5.41, 5.74) is 7.05. The monoisotopic (exact) mass is 257 g/mol. The van der Waals surface area contributed by atoms with Crippen molar-refractivity contribution in [2.24, 2.45) is 0 Å². The number of hydrogen-bond acceptors (Lipinski definition) is 1. The maximum Gasteiger partial charge on any atom is 0.123 e. The Balaban J connectivity index is 2.19. The Hall–Kier alpha value is -1.83. The van der Waals surface area contributed by atoms with Gasteiger partial charge in [-0.25, -0.2) is 4.39 Å². The van der Waals surface area contributed by atoms with Crippen LogP contribution in [0.4, 0.5) is 10.1 Å². The van der Waals surface area contributed by atoms with Crippen LogP contribution in [-0.2, 0) is 6.54 Å². The first kappa shape index (κ1) is 13.6. The van der Waals surface area contributed by atoms with Gasteiger partial charge in [0.2, 0.25) is 0 Å². The average Bonchev–Trinajstić information content (AvgIpc) is 2.30. The fraction of sp³-hybridized carbons (Fsp3) is 0.294. The van der Waals surface area contributed by atoms with Crippen molar-refractivity contribution in [1.29, 1.82) is 0 Å². The van der Waals surface area contributed by atoms with E-state index in [-0.39, 0.29) is 5.82 Å². The van der Waals surface area contributed by atoms with Gasteiger partial charge < -0.3 is 5.32 Å². The van der Waals surface area contributed by atoms with Crippen LogP contribution in [-0.4, -0.2) is 0 Å². The Labute approximate surface area is 114 Å². The Kier molecular flexibility index (Phi) is 3.89. The van der Waals surface area contributed by atoms with Crippen molar-refractivity contribution in [1.82, 2.24) is 0 Å². The lowest BCUT2D eigenvalue weighted by Gasteiger charge is -2.15. The summed E-state index contributed by atoms with van der Waals surface area (Å²) in [6.45, 7) is 8.99. The molecule has 2 aromatic rings. The van der Waals surface area contributed by atoms with E-state index >= 15 is 0 Å². The Morgan fingerprint density at radius 2 is 1.53 bits per heavy atom. The summed E-state index contributed by atoms with van der Waals surface area (Å²) in [5.74, 6) is -0.177. The molecule has 1 N–H and O–H groups in total. The Bertz CT molecular complexity index is 579. The minimum absolute atomic E-state index is 0.177. The second-order valence-corrected chi connectivity index (χ2v) is 5.20. The van der Waals surface area contributed by atoms with Crippen molar-refractivity contribution < 1.29 is 4.39 Å². The maximum atomic E-state index is 13.1. The van der Waals surface area contributed by atoms with Crippen LogP contribution in [0.3, 0.4) is 0 Å². The second kappa shape index (κ2) is 5.43. The van der Waals surface area contributed by atoms with E-state index < -0.39 is 0 Å². The quantitative estimate of drug-likeness (QED) is 0.842. The summed E-state index contributed by atoms with van der Waals surface area (Å²) in [7, 11) is 0. The van der Waals surface area contributed by atoms with E-state index in [1.165, 1.54) is 28.4 Å².